The third-order valence-electron chi connectivity index (χ3n) is 2.34. The molecular formula is C12H13BrO. The molecule has 0 spiro atoms. The van der Waals surface area contributed by atoms with Crippen LogP contribution in [-0.4, -0.2) is 11.9 Å². The SMILES string of the molecule is C/C(=C/c1ccc2c(c1)CCO2)CBr. The zero-order chi connectivity index (χ0) is 9.97. The molecule has 0 bridgehead atoms. The molecule has 14 heavy (non-hydrogen) atoms. The van der Waals surface area contributed by atoms with Crippen LogP contribution >= 0.6 is 15.9 Å². The van der Waals surface area contributed by atoms with Crippen LogP contribution in [0.2, 0.25) is 0 Å². The van der Waals surface area contributed by atoms with Gasteiger partial charge in [0.25, 0.3) is 0 Å². The molecule has 0 aromatic heterocycles. The maximum Gasteiger partial charge on any atom is 0.122 e. The average molecular weight is 253 g/mol. The fourth-order valence-electron chi connectivity index (χ4n) is 1.62. The third kappa shape index (κ3) is 2.01. The Morgan fingerprint density at radius 2 is 2.43 bits per heavy atom. The molecule has 74 valence electrons. The highest BCUT2D eigenvalue weighted by atomic mass is 79.9. The molecule has 1 nitrogen and oxygen atoms in total. The van der Waals surface area contributed by atoms with Gasteiger partial charge in [-0.3, -0.25) is 0 Å². The maximum atomic E-state index is 5.45. The Balaban J connectivity index is 2.29. The molecule has 0 saturated carbocycles. The van der Waals surface area contributed by atoms with Crippen LogP contribution < -0.4 is 4.74 Å². The van der Waals surface area contributed by atoms with Gasteiger partial charge in [0.15, 0.2) is 0 Å². The fraction of sp³-hybridized carbons (Fsp3) is 0.333. The highest BCUT2D eigenvalue weighted by molar-refractivity contribution is 9.09. The standard InChI is InChI=1S/C12H13BrO/c1-9(8-13)6-10-2-3-12-11(7-10)4-5-14-12/h2-3,6-7H,4-5,8H2,1H3/b9-6-. The molecule has 0 saturated heterocycles. The van der Waals surface area contributed by atoms with Crippen LogP contribution in [0.1, 0.15) is 18.1 Å². The lowest BCUT2D eigenvalue weighted by Gasteiger charge is -2.00. The molecule has 0 atom stereocenters. The first-order valence-corrected chi connectivity index (χ1v) is 5.90. The number of hydrogen-bond acceptors (Lipinski definition) is 1. The van der Waals surface area contributed by atoms with Crippen LogP contribution in [0.25, 0.3) is 6.08 Å². The van der Waals surface area contributed by atoms with E-state index in [1.54, 1.807) is 0 Å². The Hall–Kier alpha value is -0.760. The Morgan fingerprint density at radius 3 is 3.21 bits per heavy atom. The fourth-order valence-corrected chi connectivity index (χ4v) is 1.78. The minimum atomic E-state index is 0.833. The van der Waals surface area contributed by atoms with Gasteiger partial charge >= 0.3 is 0 Å². The smallest absolute Gasteiger partial charge is 0.122 e. The van der Waals surface area contributed by atoms with Gasteiger partial charge in [0.1, 0.15) is 5.75 Å². The van der Waals surface area contributed by atoms with Crippen LogP contribution in [0.15, 0.2) is 23.8 Å². The molecule has 0 unspecified atom stereocenters. The van der Waals surface area contributed by atoms with Crippen LogP contribution in [0.5, 0.6) is 5.75 Å². The summed E-state index contributed by atoms with van der Waals surface area (Å²) in [6, 6.07) is 6.39. The van der Waals surface area contributed by atoms with E-state index in [2.05, 4.69) is 47.1 Å². The molecule has 0 fully saturated rings. The molecule has 2 heteroatoms. The molecular weight excluding hydrogens is 240 g/mol. The van der Waals surface area contributed by atoms with E-state index in [1.807, 2.05) is 0 Å². The highest BCUT2D eigenvalue weighted by Gasteiger charge is 2.10. The van der Waals surface area contributed by atoms with Gasteiger partial charge in [-0.2, -0.15) is 0 Å². The van der Waals surface area contributed by atoms with E-state index in [9.17, 15) is 0 Å². The van der Waals surface area contributed by atoms with Crippen LogP contribution in [0, 0.1) is 0 Å². The van der Waals surface area contributed by atoms with E-state index in [0.29, 0.717) is 0 Å². The molecule has 0 aliphatic carbocycles. The van der Waals surface area contributed by atoms with Gasteiger partial charge in [-0.15, -0.1) is 0 Å². The Kier molecular flexibility index (Phi) is 2.92. The molecule has 1 aromatic rings. The van der Waals surface area contributed by atoms with Crippen LogP contribution in [0.3, 0.4) is 0 Å². The zero-order valence-corrected chi connectivity index (χ0v) is 9.80. The van der Waals surface area contributed by atoms with E-state index in [-0.39, 0.29) is 0 Å². The van der Waals surface area contributed by atoms with Crippen molar-refractivity contribution in [2.24, 2.45) is 0 Å². The predicted molar refractivity (Wildman–Crippen MR) is 63.1 cm³/mol. The highest BCUT2D eigenvalue weighted by Crippen LogP contribution is 2.26. The number of halogens is 1. The summed E-state index contributed by atoms with van der Waals surface area (Å²) in [5, 5.41) is 0.931. The number of ether oxygens (including phenoxy) is 1. The minimum Gasteiger partial charge on any atom is -0.493 e. The van der Waals surface area contributed by atoms with Gasteiger partial charge in [0, 0.05) is 11.8 Å². The van der Waals surface area contributed by atoms with E-state index < -0.39 is 0 Å². The number of fused-ring (bicyclic) bond motifs is 1. The Labute approximate surface area is 92.9 Å². The summed E-state index contributed by atoms with van der Waals surface area (Å²) >= 11 is 3.44. The van der Waals surface area contributed by atoms with E-state index in [4.69, 9.17) is 4.74 Å². The van der Waals surface area contributed by atoms with Crippen molar-refractivity contribution in [2.75, 3.05) is 11.9 Å². The van der Waals surface area contributed by atoms with Crippen molar-refractivity contribution in [3.63, 3.8) is 0 Å². The minimum absolute atomic E-state index is 0.833. The quantitative estimate of drug-likeness (QED) is 0.734. The van der Waals surface area contributed by atoms with Gasteiger partial charge in [-0.25, -0.2) is 0 Å². The maximum absolute atomic E-state index is 5.45. The van der Waals surface area contributed by atoms with Crippen molar-refractivity contribution in [3.05, 3.63) is 34.9 Å². The van der Waals surface area contributed by atoms with Crippen molar-refractivity contribution in [1.29, 1.82) is 0 Å². The molecule has 0 radical (unpaired) electrons. The van der Waals surface area contributed by atoms with Gasteiger partial charge < -0.3 is 4.74 Å². The van der Waals surface area contributed by atoms with Crippen molar-refractivity contribution >= 4 is 22.0 Å². The monoisotopic (exact) mass is 252 g/mol. The van der Waals surface area contributed by atoms with E-state index in [0.717, 1.165) is 24.1 Å². The van der Waals surface area contributed by atoms with Gasteiger partial charge in [0.2, 0.25) is 0 Å². The summed E-state index contributed by atoms with van der Waals surface area (Å²) in [6.07, 6.45) is 3.25. The van der Waals surface area contributed by atoms with E-state index in [1.165, 1.54) is 16.7 Å². The van der Waals surface area contributed by atoms with Crippen molar-refractivity contribution in [1.82, 2.24) is 0 Å². The lowest BCUT2D eigenvalue weighted by molar-refractivity contribution is 0.357. The number of allylic oxidation sites excluding steroid dienone is 1. The summed E-state index contributed by atoms with van der Waals surface area (Å²) in [4.78, 5) is 0. The third-order valence-corrected chi connectivity index (χ3v) is 3.22. The second-order valence-electron chi connectivity index (χ2n) is 3.59. The summed E-state index contributed by atoms with van der Waals surface area (Å²) in [6.45, 7) is 2.96. The first-order valence-electron chi connectivity index (χ1n) is 4.78. The lowest BCUT2D eigenvalue weighted by atomic mass is 10.1. The molecule has 1 aromatic carbocycles. The summed E-state index contributed by atoms with van der Waals surface area (Å²) in [7, 11) is 0. The molecule has 0 amide bonds. The number of rotatable bonds is 2. The molecule has 2 rings (SSSR count). The second kappa shape index (κ2) is 4.18. The Bertz CT molecular complexity index is 369. The van der Waals surface area contributed by atoms with Crippen LogP contribution in [-0.2, 0) is 6.42 Å². The second-order valence-corrected chi connectivity index (χ2v) is 4.15. The normalized spacial score (nSPS) is 15.1. The molecule has 1 aliphatic rings. The van der Waals surface area contributed by atoms with Crippen molar-refractivity contribution in [3.8, 4) is 5.75 Å². The summed E-state index contributed by atoms with van der Waals surface area (Å²) in [5.41, 5.74) is 3.94. The topological polar surface area (TPSA) is 9.23 Å². The van der Waals surface area contributed by atoms with E-state index >= 15 is 0 Å². The van der Waals surface area contributed by atoms with Crippen molar-refractivity contribution < 1.29 is 4.74 Å². The van der Waals surface area contributed by atoms with Crippen molar-refractivity contribution in [2.45, 2.75) is 13.3 Å². The molecule has 1 heterocycles. The lowest BCUT2D eigenvalue weighted by Crippen LogP contribution is -1.85. The number of benzene rings is 1. The number of alkyl halides is 1. The Morgan fingerprint density at radius 1 is 1.57 bits per heavy atom. The zero-order valence-electron chi connectivity index (χ0n) is 8.22. The first-order chi connectivity index (χ1) is 6.79. The number of hydrogen-bond donors (Lipinski definition) is 0. The summed E-state index contributed by atoms with van der Waals surface area (Å²) < 4.78 is 5.45. The molecule has 1 aliphatic heterocycles. The van der Waals surface area contributed by atoms with Gasteiger partial charge in [-0.05, 0) is 30.2 Å². The van der Waals surface area contributed by atoms with Gasteiger partial charge in [-0.1, -0.05) is 33.6 Å². The first kappa shape index (κ1) is 9.78. The van der Waals surface area contributed by atoms with Gasteiger partial charge in [0.05, 0.1) is 6.61 Å². The van der Waals surface area contributed by atoms with Crippen LogP contribution in [0.4, 0.5) is 0 Å². The largest absolute Gasteiger partial charge is 0.493 e. The summed E-state index contributed by atoms with van der Waals surface area (Å²) in [5.74, 6) is 1.05. The predicted octanol–water partition coefficient (Wildman–Crippen LogP) is 3.42. The average Bonchev–Trinajstić information content (AvgIpc) is 2.64. The molecule has 0 N–H and O–H groups in total.